The molecule has 0 radical (unpaired) electrons. The number of aromatic hydroxyl groups is 1. The van der Waals surface area contributed by atoms with Gasteiger partial charge in [0.1, 0.15) is 17.4 Å². The maximum absolute atomic E-state index is 12.2. The Bertz CT molecular complexity index is 519. The van der Waals surface area contributed by atoms with Crippen molar-refractivity contribution in [1.29, 1.82) is 0 Å². The number of aliphatic hydroxyl groups is 1. The highest BCUT2D eigenvalue weighted by molar-refractivity contribution is 6.04. The van der Waals surface area contributed by atoms with Crippen LogP contribution < -0.4 is 11.2 Å². The standard InChI is InChI=1S/C11H13N3O5/c12-10(17)7(4-5-15)14-11(18)9-6(13-19-14)2-1-3-8(9)16/h1-3,7,13,15-16H,4-5H2,(H2,12,17). The van der Waals surface area contributed by atoms with Crippen LogP contribution in [0.5, 0.6) is 5.75 Å². The highest BCUT2D eigenvalue weighted by Gasteiger charge is 2.36. The van der Waals surface area contributed by atoms with Gasteiger partial charge in [0.25, 0.3) is 5.91 Å². The molecule has 2 rings (SSSR count). The topological polar surface area (TPSA) is 125 Å². The Hall–Kier alpha value is -2.32. The molecule has 0 aromatic heterocycles. The van der Waals surface area contributed by atoms with Crippen molar-refractivity contribution in [3.8, 4) is 5.75 Å². The first kappa shape index (κ1) is 13.1. The summed E-state index contributed by atoms with van der Waals surface area (Å²) in [5.41, 5.74) is 7.86. The lowest BCUT2D eigenvalue weighted by Gasteiger charge is -2.32. The Morgan fingerprint density at radius 3 is 2.89 bits per heavy atom. The Balaban J connectivity index is 2.35. The smallest absolute Gasteiger partial charge is 0.286 e. The van der Waals surface area contributed by atoms with E-state index >= 15 is 0 Å². The van der Waals surface area contributed by atoms with Crippen molar-refractivity contribution in [3.05, 3.63) is 23.8 Å². The predicted molar refractivity (Wildman–Crippen MR) is 63.7 cm³/mol. The van der Waals surface area contributed by atoms with Gasteiger partial charge in [0.15, 0.2) is 0 Å². The number of nitrogens with one attached hydrogen (secondary N) is 1. The minimum atomic E-state index is -1.13. The molecule has 8 nitrogen and oxygen atoms in total. The van der Waals surface area contributed by atoms with Crippen LogP contribution in [0, 0.1) is 0 Å². The van der Waals surface area contributed by atoms with Gasteiger partial charge < -0.3 is 15.9 Å². The van der Waals surface area contributed by atoms with Crippen LogP contribution in [0.15, 0.2) is 18.2 Å². The van der Waals surface area contributed by atoms with E-state index < -0.39 is 17.9 Å². The summed E-state index contributed by atoms with van der Waals surface area (Å²) in [6.45, 7) is -0.339. The molecule has 1 unspecified atom stereocenters. The number of fused-ring (bicyclic) bond motifs is 1. The van der Waals surface area contributed by atoms with Gasteiger partial charge in [0.2, 0.25) is 5.91 Å². The van der Waals surface area contributed by atoms with E-state index in [2.05, 4.69) is 5.48 Å². The normalized spacial score (nSPS) is 15.6. The Kier molecular flexibility index (Phi) is 3.54. The SMILES string of the molecule is NC(=O)C(CCO)N1ONc2cccc(O)c2C1=O. The molecular weight excluding hydrogens is 254 g/mol. The number of phenols is 1. The van der Waals surface area contributed by atoms with Crippen LogP contribution in [0.3, 0.4) is 0 Å². The number of hydrogen-bond acceptors (Lipinski definition) is 6. The molecule has 0 aliphatic carbocycles. The zero-order chi connectivity index (χ0) is 14.0. The van der Waals surface area contributed by atoms with Gasteiger partial charge in [-0.1, -0.05) is 6.07 Å². The van der Waals surface area contributed by atoms with E-state index in [1.807, 2.05) is 0 Å². The zero-order valence-corrected chi connectivity index (χ0v) is 9.87. The number of carbonyl (C=O) groups is 2. The third-order valence-corrected chi connectivity index (χ3v) is 2.72. The van der Waals surface area contributed by atoms with E-state index in [9.17, 15) is 14.7 Å². The second-order valence-electron chi connectivity index (χ2n) is 3.95. The van der Waals surface area contributed by atoms with Crippen molar-refractivity contribution in [2.45, 2.75) is 12.5 Å². The largest absolute Gasteiger partial charge is 0.507 e. The number of amides is 2. The maximum atomic E-state index is 12.2. The quantitative estimate of drug-likeness (QED) is 0.574. The van der Waals surface area contributed by atoms with Crippen LogP contribution in [-0.4, -0.2) is 39.7 Å². The predicted octanol–water partition coefficient (Wildman–Crippen LogP) is -0.657. The summed E-state index contributed by atoms with van der Waals surface area (Å²) in [7, 11) is 0. The number of nitrogens with two attached hydrogens (primary N) is 1. The molecule has 1 aliphatic heterocycles. The molecule has 5 N–H and O–H groups in total. The third-order valence-electron chi connectivity index (χ3n) is 2.72. The lowest BCUT2D eigenvalue weighted by Crippen LogP contribution is -2.51. The number of nitrogens with zero attached hydrogens (tertiary/aromatic N) is 1. The van der Waals surface area contributed by atoms with Gasteiger partial charge in [0, 0.05) is 13.0 Å². The Labute approximate surface area is 108 Å². The second-order valence-corrected chi connectivity index (χ2v) is 3.95. The fourth-order valence-corrected chi connectivity index (χ4v) is 1.80. The van der Waals surface area contributed by atoms with Crippen LogP contribution in [0.2, 0.25) is 0 Å². The van der Waals surface area contributed by atoms with Crippen LogP contribution in [-0.2, 0) is 9.73 Å². The van der Waals surface area contributed by atoms with Crippen molar-refractivity contribution < 1.29 is 24.7 Å². The Morgan fingerprint density at radius 1 is 1.53 bits per heavy atom. The van der Waals surface area contributed by atoms with Crippen molar-refractivity contribution in [1.82, 2.24) is 5.06 Å². The number of anilines is 1. The summed E-state index contributed by atoms with van der Waals surface area (Å²) >= 11 is 0. The minimum Gasteiger partial charge on any atom is -0.507 e. The van der Waals surface area contributed by atoms with Crippen LogP contribution in [0.25, 0.3) is 0 Å². The van der Waals surface area contributed by atoms with E-state index in [-0.39, 0.29) is 30.0 Å². The van der Waals surface area contributed by atoms with Crippen LogP contribution >= 0.6 is 0 Å². The van der Waals surface area contributed by atoms with Crippen LogP contribution in [0.1, 0.15) is 16.8 Å². The highest BCUT2D eigenvalue weighted by Crippen LogP contribution is 2.31. The monoisotopic (exact) mass is 267 g/mol. The van der Waals surface area contributed by atoms with Crippen LogP contribution in [0.4, 0.5) is 5.69 Å². The van der Waals surface area contributed by atoms with Gasteiger partial charge in [-0.25, -0.2) is 5.48 Å². The molecule has 1 aliphatic rings. The average molecular weight is 267 g/mol. The van der Waals surface area contributed by atoms with E-state index in [4.69, 9.17) is 15.8 Å². The summed E-state index contributed by atoms with van der Waals surface area (Å²) in [6, 6.07) is 3.29. The Morgan fingerprint density at radius 2 is 2.26 bits per heavy atom. The second kappa shape index (κ2) is 5.12. The van der Waals surface area contributed by atoms with Gasteiger partial charge in [-0.3, -0.25) is 9.59 Å². The summed E-state index contributed by atoms with van der Waals surface area (Å²) in [5, 5.41) is 19.3. The lowest BCUT2D eigenvalue weighted by molar-refractivity contribution is -0.153. The summed E-state index contributed by atoms with van der Waals surface area (Å²) in [4.78, 5) is 28.4. The highest BCUT2D eigenvalue weighted by atomic mass is 16.8. The molecule has 102 valence electrons. The van der Waals surface area contributed by atoms with Gasteiger partial charge in [-0.15, -0.1) is 0 Å². The zero-order valence-electron chi connectivity index (χ0n) is 9.87. The number of carbonyl (C=O) groups excluding carboxylic acids is 2. The van der Waals surface area contributed by atoms with E-state index in [1.54, 1.807) is 0 Å². The first-order valence-corrected chi connectivity index (χ1v) is 5.55. The lowest BCUT2D eigenvalue weighted by atomic mass is 10.1. The van der Waals surface area contributed by atoms with Gasteiger partial charge in [-0.2, -0.15) is 10.0 Å². The van der Waals surface area contributed by atoms with Crippen molar-refractivity contribution >= 4 is 17.5 Å². The van der Waals surface area contributed by atoms with E-state index in [1.165, 1.54) is 18.2 Å². The van der Waals surface area contributed by atoms with E-state index in [0.29, 0.717) is 5.06 Å². The molecule has 0 bridgehead atoms. The molecule has 8 heteroatoms. The van der Waals surface area contributed by atoms with Gasteiger partial charge in [-0.05, 0) is 12.1 Å². The molecule has 1 heterocycles. The summed E-state index contributed by atoms with van der Waals surface area (Å²) < 4.78 is 0. The number of phenolic OH excluding ortho intramolecular Hbond substituents is 1. The molecule has 19 heavy (non-hydrogen) atoms. The van der Waals surface area contributed by atoms with Crippen molar-refractivity contribution in [2.75, 3.05) is 12.1 Å². The minimum absolute atomic E-state index is 0.0158. The number of primary amides is 1. The molecule has 1 aromatic carbocycles. The van der Waals surface area contributed by atoms with E-state index in [0.717, 1.165) is 0 Å². The fraction of sp³-hybridized carbons (Fsp3) is 0.273. The van der Waals surface area contributed by atoms with Gasteiger partial charge in [0.05, 0.1) is 5.69 Å². The van der Waals surface area contributed by atoms with Crippen molar-refractivity contribution in [2.24, 2.45) is 5.73 Å². The van der Waals surface area contributed by atoms with Gasteiger partial charge >= 0.3 is 0 Å². The molecule has 1 atom stereocenters. The maximum Gasteiger partial charge on any atom is 0.286 e. The average Bonchev–Trinajstić information content (AvgIpc) is 2.37. The number of hydroxylamine groups is 2. The molecule has 0 saturated heterocycles. The summed E-state index contributed by atoms with van der Waals surface area (Å²) in [5.74, 6) is -1.76. The third kappa shape index (κ3) is 2.30. The molecule has 0 fully saturated rings. The molecule has 1 aromatic rings. The molecular formula is C11H13N3O5. The first-order chi connectivity index (χ1) is 9.06. The number of rotatable bonds is 4. The van der Waals surface area contributed by atoms with Crippen molar-refractivity contribution in [3.63, 3.8) is 0 Å². The molecule has 0 saturated carbocycles. The number of benzene rings is 1. The molecule has 0 spiro atoms. The number of aliphatic hydroxyl groups excluding tert-OH is 1. The number of hydrogen-bond donors (Lipinski definition) is 4. The molecule has 2 amide bonds. The summed E-state index contributed by atoms with van der Waals surface area (Å²) in [6.07, 6.45) is -0.0638. The first-order valence-electron chi connectivity index (χ1n) is 5.55. The fourth-order valence-electron chi connectivity index (χ4n) is 1.80.